The van der Waals surface area contributed by atoms with E-state index in [0.29, 0.717) is 5.92 Å². The second-order valence-corrected chi connectivity index (χ2v) is 20.1. The zero-order valence-corrected chi connectivity index (χ0v) is 33.8. The van der Waals surface area contributed by atoms with E-state index in [1.807, 2.05) is 54.1 Å². The van der Waals surface area contributed by atoms with Crippen LogP contribution in [0.2, 0.25) is 19.6 Å². The molecule has 8 aromatic rings. The van der Waals surface area contributed by atoms with E-state index in [0.717, 1.165) is 22.5 Å². The van der Waals surface area contributed by atoms with Crippen molar-refractivity contribution in [3.05, 3.63) is 164 Å². The number of pyridine rings is 2. The van der Waals surface area contributed by atoms with Crippen molar-refractivity contribution >= 4 is 44.8 Å². The molecule has 2 nitrogen and oxygen atoms in total. The summed E-state index contributed by atoms with van der Waals surface area (Å²) in [7, 11) is -1.23. The van der Waals surface area contributed by atoms with E-state index in [2.05, 4.69) is 159 Å². The molecule has 0 saturated carbocycles. The molecule has 0 saturated heterocycles. The van der Waals surface area contributed by atoms with Crippen molar-refractivity contribution in [1.82, 2.24) is 9.97 Å². The number of hydrogen-bond acceptors (Lipinski definition) is 3. The summed E-state index contributed by atoms with van der Waals surface area (Å²) < 4.78 is 2.66. The van der Waals surface area contributed by atoms with Crippen molar-refractivity contribution in [2.75, 3.05) is 0 Å². The Labute approximate surface area is 320 Å². The summed E-state index contributed by atoms with van der Waals surface area (Å²) in [5.41, 5.74) is 10.4. The molecule has 255 valence electrons. The molecule has 0 unspecified atom stereocenters. The van der Waals surface area contributed by atoms with Crippen LogP contribution < -0.4 is 5.19 Å². The molecule has 0 amide bonds. The first-order valence-electron chi connectivity index (χ1n) is 17.2. The molecule has 0 fully saturated rings. The zero-order valence-electron chi connectivity index (χ0n) is 29.6. The number of fused-ring (bicyclic) bond motifs is 3. The Morgan fingerprint density at radius 1 is 0.608 bits per heavy atom. The molecule has 0 spiro atoms. The molecular weight excluding hydrogens is 833 g/mol. The van der Waals surface area contributed by atoms with Gasteiger partial charge in [-0.05, 0) is 72.5 Å². The van der Waals surface area contributed by atoms with Crippen LogP contribution in [0.1, 0.15) is 25.3 Å². The summed E-state index contributed by atoms with van der Waals surface area (Å²) in [6, 6.07) is 53.4. The molecule has 8 rings (SSSR count). The van der Waals surface area contributed by atoms with E-state index in [1.165, 1.54) is 53.2 Å². The van der Waals surface area contributed by atoms with Crippen LogP contribution in [0.4, 0.5) is 0 Å². The Kier molecular flexibility index (Phi) is 11.2. The summed E-state index contributed by atoms with van der Waals surface area (Å²) in [6.07, 6.45) is 3.91. The van der Waals surface area contributed by atoms with Gasteiger partial charge < -0.3 is 9.97 Å². The minimum Gasteiger partial charge on any atom is -0.305 e. The average Bonchev–Trinajstić information content (AvgIpc) is 3.53. The normalized spacial score (nSPS) is 11.3. The van der Waals surface area contributed by atoms with Crippen LogP contribution in [0.5, 0.6) is 0 Å². The fraction of sp³-hybridized carbons (Fsp3) is 0.130. The first kappa shape index (κ1) is 36.3. The summed E-state index contributed by atoms with van der Waals surface area (Å²) in [4.78, 5) is 9.19. The van der Waals surface area contributed by atoms with E-state index in [9.17, 15) is 0 Å². The van der Waals surface area contributed by atoms with Gasteiger partial charge in [-0.3, -0.25) is 0 Å². The van der Waals surface area contributed by atoms with E-state index in [4.69, 9.17) is 0 Å². The van der Waals surface area contributed by atoms with Gasteiger partial charge in [-0.15, -0.1) is 59.7 Å². The van der Waals surface area contributed by atoms with Gasteiger partial charge >= 0.3 is 0 Å². The number of benzene rings is 5. The quantitative estimate of drug-likeness (QED) is 0.123. The van der Waals surface area contributed by atoms with Gasteiger partial charge in [0, 0.05) is 37.2 Å². The van der Waals surface area contributed by atoms with Crippen molar-refractivity contribution in [3.63, 3.8) is 0 Å². The topological polar surface area (TPSA) is 25.8 Å². The molecule has 51 heavy (non-hydrogen) atoms. The van der Waals surface area contributed by atoms with Crippen molar-refractivity contribution in [2.45, 2.75) is 39.4 Å². The summed E-state index contributed by atoms with van der Waals surface area (Å²) in [5, 5.41) is 3.98. The van der Waals surface area contributed by atoms with Crippen LogP contribution in [0.15, 0.2) is 146 Å². The minimum atomic E-state index is -1.23. The number of aromatic nitrogens is 2. The van der Waals surface area contributed by atoms with Crippen LogP contribution >= 0.6 is 11.3 Å². The van der Waals surface area contributed by atoms with E-state index in [1.54, 1.807) is 0 Å². The molecule has 0 N–H and O–H groups in total. The Hall–Kier alpha value is -4.51. The van der Waals surface area contributed by atoms with Gasteiger partial charge in [0.2, 0.25) is 0 Å². The molecule has 0 atom stereocenters. The fourth-order valence-electron chi connectivity index (χ4n) is 6.15. The number of nitrogens with zero attached hydrogens (tertiary/aromatic N) is 2. The summed E-state index contributed by atoms with van der Waals surface area (Å²) >= 11 is 1.88. The van der Waals surface area contributed by atoms with E-state index < -0.39 is 8.07 Å². The smallest absolute Gasteiger partial charge is 0.0795 e. The molecule has 0 aliphatic heterocycles. The molecule has 5 aromatic carbocycles. The van der Waals surface area contributed by atoms with Gasteiger partial charge in [-0.2, -0.15) is 11.3 Å². The zero-order chi connectivity index (χ0) is 34.7. The molecular formula is C46H40IrN2SSi-2. The third-order valence-corrected chi connectivity index (χ3v) is 12.3. The van der Waals surface area contributed by atoms with Gasteiger partial charge in [-0.1, -0.05) is 124 Å². The van der Waals surface area contributed by atoms with Crippen molar-refractivity contribution in [2.24, 2.45) is 0 Å². The first-order chi connectivity index (χ1) is 24.2. The third-order valence-electron chi connectivity index (χ3n) is 9.02. The Morgan fingerprint density at radius 3 is 1.94 bits per heavy atom. The molecule has 5 heteroatoms. The van der Waals surface area contributed by atoms with Crippen LogP contribution in [-0.2, 0) is 20.1 Å². The molecule has 3 heterocycles. The minimum absolute atomic E-state index is 0. The Balaban J connectivity index is 0.000000222. The average molecular weight is 873 g/mol. The maximum atomic E-state index is 4.67. The Morgan fingerprint density at radius 2 is 1.31 bits per heavy atom. The summed E-state index contributed by atoms with van der Waals surface area (Å²) in [5.74, 6) is 0.451. The third kappa shape index (κ3) is 8.19. The Bertz CT molecular complexity index is 2360. The molecule has 1 radical (unpaired) electrons. The van der Waals surface area contributed by atoms with E-state index in [-0.39, 0.29) is 20.1 Å². The van der Waals surface area contributed by atoms with Gasteiger partial charge in [0.15, 0.2) is 0 Å². The molecule has 0 aliphatic carbocycles. The molecule has 3 aromatic heterocycles. The maximum absolute atomic E-state index is 4.67. The van der Waals surface area contributed by atoms with Crippen molar-refractivity contribution < 1.29 is 20.1 Å². The standard InChI is InChI=1S/C32H24NS.C14H16NSi.Ir/c1-21(2)28-17-26(23-11-7-4-8-12-23)18-29-27-14-13-25(20-31(27)34-32(28)29)30-19-24(15-16-33-30)22-9-5-3-6-10-22;1-16(2,3)13-9-10-14(15-11-13)12-7-5-4-6-8-12;/h3-12,14-21H,1-2H3;4-7,9-11H,1-3H3;/q2*-1;. The second kappa shape index (κ2) is 15.8. The summed E-state index contributed by atoms with van der Waals surface area (Å²) in [6.45, 7) is 11.6. The van der Waals surface area contributed by atoms with Gasteiger partial charge in [-0.25, -0.2) is 0 Å². The first-order valence-corrected chi connectivity index (χ1v) is 21.5. The van der Waals surface area contributed by atoms with Crippen LogP contribution in [-0.4, -0.2) is 18.0 Å². The number of thiophene rings is 1. The van der Waals surface area contributed by atoms with Gasteiger partial charge in [0.05, 0.1) is 8.07 Å². The SMILES string of the molecule is CC(C)c1cc(-c2ccccc2)cc2c1sc1cc(-c3cc(-c4ccccc4)ccn3)[c-]cc12.C[Si](C)(C)c1ccc(-c2[c-]cccc2)nc1.[Ir]. The fourth-order valence-corrected chi connectivity index (χ4v) is 8.56. The van der Waals surface area contributed by atoms with Gasteiger partial charge in [0.1, 0.15) is 0 Å². The number of rotatable bonds is 6. The number of hydrogen-bond donors (Lipinski definition) is 0. The van der Waals surface area contributed by atoms with Crippen LogP contribution in [0.3, 0.4) is 0 Å². The predicted molar refractivity (Wildman–Crippen MR) is 218 cm³/mol. The second-order valence-electron chi connectivity index (χ2n) is 13.9. The molecule has 0 bridgehead atoms. The van der Waals surface area contributed by atoms with Crippen LogP contribution in [0.25, 0.3) is 64.9 Å². The van der Waals surface area contributed by atoms with E-state index >= 15 is 0 Å². The largest absolute Gasteiger partial charge is 0.305 e. The van der Waals surface area contributed by atoms with Crippen LogP contribution in [0, 0.1) is 12.1 Å². The van der Waals surface area contributed by atoms with Crippen molar-refractivity contribution in [3.8, 4) is 44.8 Å². The monoisotopic (exact) mass is 873 g/mol. The predicted octanol–water partition coefficient (Wildman–Crippen LogP) is 12.5. The maximum Gasteiger partial charge on any atom is 0.0795 e. The van der Waals surface area contributed by atoms with Crippen molar-refractivity contribution in [1.29, 1.82) is 0 Å². The van der Waals surface area contributed by atoms with Gasteiger partial charge in [0.25, 0.3) is 0 Å². The molecule has 0 aliphatic rings.